The Balaban J connectivity index is 1.69. The predicted octanol–water partition coefficient (Wildman–Crippen LogP) is 1.59. The summed E-state index contributed by atoms with van der Waals surface area (Å²) in [4.78, 5) is 14.0. The monoisotopic (exact) mass is 320 g/mol. The minimum atomic E-state index is 0.0325. The average molecular weight is 320 g/mol. The normalized spacial score (nSPS) is 18.3. The topological polar surface area (TPSA) is 61.8 Å². The highest BCUT2D eigenvalue weighted by atomic mass is 16.5. The quantitative estimate of drug-likeness (QED) is 0.763. The van der Waals surface area contributed by atoms with Gasteiger partial charge in [-0.3, -0.25) is 9.69 Å². The number of carbonyl (C=O) groups is 1. The fourth-order valence-electron chi connectivity index (χ4n) is 2.90. The number of benzene rings is 1. The number of aliphatic hydroxyl groups is 1. The van der Waals surface area contributed by atoms with Crippen molar-refractivity contribution in [3.63, 3.8) is 0 Å². The van der Waals surface area contributed by atoms with Crippen LogP contribution in [0.4, 0.5) is 0 Å². The van der Waals surface area contributed by atoms with Gasteiger partial charge in [-0.2, -0.15) is 0 Å². The van der Waals surface area contributed by atoms with Crippen molar-refractivity contribution in [3.05, 3.63) is 29.8 Å². The fourth-order valence-corrected chi connectivity index (χ4v) is 2.90. The van der Waals surface area contributed by atoms with Crippen LogP contribution < -0.4 is 10.1 Å². The van der Waals surface area contributed by atoms with Gasteiger partial charge >= 0.3 is 0 Å². The number of carbonyl (C=O) groups excluding carboxylic acids is 1. The summed E-state index contributed by atoms with van der Waals surface area (Å²) in [6.07, 6.45) is 3.02. The highest BCUT2D eigenvalue weighted by molar-refractivity contribution is 5.78. The van der Waals surface area contributed by atoms with Gasteiger partial charge in [0.05, 0.1) is 19.3 Å². The Morgan fingerprint density at radius 1 is 1.39 bits per heavy atom. The molecule has 2 N–H and O–H groups in total. The molecular weight excluding hydrogens is 292 g/mol. The zero-order valence-electron chi connectivity index (χ0n) is 14.1. The molecule has 128 valence electrons. The van der Waals surface area contributed by atoms with Gasteiger partial charge in [-0.15, -0.1) is 0 Å². The molecule has 0 aromatic heterocycles. The van der Waals surface area contributed by atoms with Crippen LogP contribution in [0.1, 0.15) is 32.3 Å². The van der Waals surface area contributed by atoms with Crippen molar-refractivity contribution in [2.75, 3.05) is 26.2 Å². The SMILES string of the molecule is CC(C)Oc1ccc(CCNC(=O)CN2CCC[C@@H]2CO)cc1. The van der Waals surface area contributed by atoms with Crippen LogP contribution in [0.2, 0.25) is 0 Å². The highest BCUT2D eigenvalue weighted by Crippen LogP contribution is 2.16. The van der Waals surface area contributed by atoms with Crippen molar-refractivity contribution >= 4 is 5.91 Å². The van der Waals surface area contributed by atoms with Gasteiger partial charge in [-0.25, -0.2) is 0 Å². The Kier molecular flexibility index (Phi) is 6.86. The van der Waals surface area contributed by atoms with Crippen LogP contribution in [0.3, 0.4) is 0 Å². The maximum absolute atomic E-state index is 12.0. The molecule has 1 heterocycles. The summed E-state index contributed by atoms with van der Waals surface area (Å²) in [6, 6.07) is 8.15. The standard InChI is InChI=1S/C18H28N2O3/c1-14(2)23-17-7-5-15(6-8-17)9-10-19-18(22)12-20-11-3-4-16(20)13-21/h5-8,14,16,21H,3-4,9-13H2,1-2H3,(H,19,22)/t16-/m1/s1. The average Bonchev–Trinajstić information content (AvgIpc) is 2.95. The molecule has 5 nitrogen and oxygen atoms in total. The molecule has 2 rings (SSSR count). The van der Waals surface area contributed by atoms with Crippen LogP contribution in [0, 0.1) is 0 Å². The Morgan fingerprint density at radius 3 is 2.78 bits per heavy atom. The zero-order valence-corrected chi connectivity index (χ0v) is 14.1. The van der Waals surface area contributed by atoms with E-state index in [4.69, 9.17) is 4.74 Å². The molecule has 5 heteroatoms. The molecule has 1 aromatic carbocycles. The summed E-state index contributed by atoms with van der Waals surface area (Å²) in [5, 5.41) is 12.2. The lowest BCUT2D eigenvalue weighted by Gasteiger charge is -2.21. The van der Waals surface area contributed by atoms with Gasteiger partial charge in [0.15, 0.2) is 0 Å². The zero-order chi connectivity index (χ0) is 16.7. The summed E-state index contributed by atoms with van der Waals surface area (Å²) in [6.45, 7) is 6.05. The number of rotatable bonds is 8. The van der Waals surface area contributed by atoms with Crippen molar-refractivity contribution in [2.45, 2.75) is 45.3 Å². The van der Waals surface area contributed by atoms with E-state index in [-0.39, 0.29) is 24.7 Å². The highest BCUT2D eigenvalue weighted by Gasteiger charge is 2.25. The van der Waals surface area contributed by atoms with Crippen molar-refractivity contribution in [2.24, 2.45) is 0 Å². The summed E-state index contributed by atoms with van der Waals surface area (Å²) in [5.41, 5.74) is 1.18. The van der Waals surface area contributed by atoms with Crippen LogP contribution in [-0.2, 0) is 11.2 Å². The molecule has 1 aromatic rings. The third-order valence-corrected chi connectivity index (χ3v) is 4.09. The molecule has 1 atom stereocenters. The molecule has 1 amide bonds. The first kappa shape index (κ1) is 17.8. The maximum Gasteiger partial charge on any atom is 0.234 e. The smallest absolute Gasteiger partial charge is 0.234 e. The van der Waals surface area contributed by atoms with E-state index in [1.807, 2.05) is 38.1 Å². The van der Waals surface area contributed by atoms with E-state index in [2.05, 4.69) is 10.2 Å². The second-order valence-corrected chi connectivity index (χ2v) is 6.36. The summed E-state index contributed by atoms with van der Waals surface area (Å²) in [7, 11) is 0. The van der Waals surface area contributed by atoms with Crippen LogP contribution >= 0.6 is 0 Å². The Labute approximate surface area is 138 Å². The van der Waals surface area contributed by atoms with Gasteiger partial charge in [0, 0.05) is 12.6 Å². The summed E-state index contributed by atoms with van der Waals surface area (Å²) >= 11 is 0. The lowest BCUT2D eigenvalue weighted by Crippen LogP contribution is -2.41. The number of likely N-dealkylation sites (tertiary alicyclic amines) is 1. The summed E-state index contributed by atoms with van der Waals surface area (Å²) < 4.78 is 5.61. The van der Waals surface area contributed by atoms with Crippen LogP contribution in [0.5, 0.6) is 5.75 Å². The molecule has 1 saturated heterocycles. The van der Waals surface area contributed by atoms with E-state index in [0.29, 0.717) is 13.1 Å². The Morgan fingerprint density at radius 2 is 2.13 bits per heavy atom. The largest absolute Gasteiger partial charge is 0.491 e. The minimum Gasteiger partial charge on any atom is -0.491 e. The van der Waals surface area contributed by atoms with E-state index in [1.165, 1.54) is 5.56 Å². The van der Waals surface area contributed by atoms with Crippen molar-refractivity contribution in [1.82, 2.24) is 10.2 Å². The number of nitrogens with zero attached hydrogens (tertiary/aromatic N) is 1. The van der Waals surface area contributed by atoms with E-state index < -0.39 is 0 Å². The molecule has 1 aliphatic heterocycles. The van der Waals surface area contributed by atoms with E-state index in [9.17, 15) is 9.90 Å². The number of hydrogen-bond acceptors (Lipinski definition) is 4. The van der Waals surface area contributed by atoms with Gasteiger partial charge in [-0.05, 0) is 57.4 Å². The molecule has 1 fully saturated rings. The number of aliphatic hydroxyl groups excluding tert-OH is 1. The third-order valence-electron chi connectivity index (χ3n) is 4.09. The van der Waals surface area contributed by atoms with Crippen molar-refractivity contribution in [1.29, 1.82) is 0 Å². The fraction of sp³-hybridized carbons (Fsp3) is 0.611. The van der Waals surface area contributed by atoms with Crippen LogP contribution in [-0.4, -0.2) is 54.3 Å². The first-order chi connectivity index (χ1) is 11.1. The van der Waals surface area contributed by atoms with Crippen LogP contribution in [0.15, 0.2) is 24.3 Å². The van der Waals surface area contributed by atoms with Gasteiger partial charge in [0.1, 0.15) is 5.75 Å². The van der Waals surface area contributed by atoms with E-state index in [1.54, 1.807) is 0 Å². The predicted molar refractivity (Wildman–Crippen MR) is 90.6 cm³/mol. The van der Waals surface area contributed by atoms with Gasteiger partial charge in [0.25, 0.3) is 0 Å². The first-order valence-electron chi connectivity index (χ1n) is 8.45. The number of ether oxygens (including phenoxy) is 1. The maximum atomic E-state index is 12.0. The first-order valence-corrected chi connectivity index (χ1v) is 8.45. The molecule has 1 aliphatic rings. The molecule has 0 bridgehead atoms. The summed E-state index contributed by atoms with van der Waals surface area (Å²) in [5.74, 6) is 0.905. The number of hydrogen-bond donors (Lipinski definition) is 2. The molecule has 0 spiro atoms. The number of amides is 1. The molecule has 23 heavy (non-hydrogen) atoms. The second kappa shape index (κ2) is 8.89. The van der Waals surface area contributed by atoms with Crippen molar-refractivity contribution in [3.8, 4) is 5.75 Å². The van der Waals surface area contributed by atoms with Crippen molar-refractivity contribution < 1.29 is 14.6 Å². The third kappa shape index (κ3) is 5.84. The Bertz CT molecular complexity index is 488. The van der Waals surface area contributed by atoms with Gasteiger partial charge in [0.2, 0.25) is 5.91 Å². The molecular formula is C18H28N2O3. The lowest BCUT2D eigenvalue weighted by molar-refractivity contribution is -0.122. The molecule has 0 aliphatic carbocycles. The van der Waals surface area contributed by atoms with E-state index >= 15 is 0 Å². The number of nitrogens with one attached hydrogen (secondary N) is 1. The van der Waals surface area contributed by atoms with E-state index in [0.717, 1.165) is 31.6 Å². The van der Waals surface area contributed by atoms with Gasteiger partial charge in [-0.1, -0.05) is 12.1 Å². The van der Waals surface area contributed by atoms with Crippen LogP contribution in [0.25, 0.3) is 0 Å². The Hall–Kier alpha value is -1.59. The molecule has 0 radical (unpaired) electrons. The molecule has 0 unspecified atom stereocenters. The minimum absolute atomic E-state index is 0.0325. The second-order valence-electron chi connectivity index (χ2n) is 6.36. The lowest BCUT2D eigenvalue weighted by atomic mass is 10.1. The molecule has 0 saturated carbocycles. The van der Waals surface area contributed by atoms with Gasteiger partial charge < -0.3 is 15.2 Å².